The van der Waals surface area contributed by atoms with E-state index in [4.69, 9.17) is 14.2 Å². The molecule has 0 amide bonds. The molecular formula is C75H124O6. The summed E-state index contributed by atoms with van der Waals surface area (Å²) in [6, 6.07) is 0. The van der Waals surface area contributed by atoms with E-state index in [1.807, 2.05) is 6.08 Å². The molecule has 81 heavy (non-hydrogen) atoms. The van der Waals surface area contributed by atoms with Crippen LogP contribution < -0.4 is 0 Å². The van der Waals surface area contributed by atoms with E-state index in [-0.39, 0.29) is 37.5 Å². The Hall–Kier alpha value is -4.45. The van der Waals surface area contributed by atoms with Gasteiger partial charge in [0.15, 0.2) is 6.10 Å². The molecule has 0 radical (unpaired) electrons. The Bertz CT molecular complexity index is 1720. The molecule has 0 saturated carbocycles. The monoisotopic (exact) mass is 1120 g/mol. The van der Waals surface area contributed by atoms with E-state index in [1.165, 1.54) is 141 Å². The Kier molecular flexibility index (Phi) is 64.3. The summed E-state index contributed by atoms with van der Waals surface area (Å²) in [6.45, 7) is 6.34. The van der Waals surface area contributed by atoms with Gasteiger partial charge in [-0.2, -0.15) is 0 Å². The Morgan fingerprint density at radius 3 is 0.827 bits per heavy atom. The lowest BCUT2D eigenvalue weighted by molar-refractivity contribution is -0.166. The first-order valence-corrected chi connectivity index (χ1v) is 33.7. The minimum atomic E-state index is -0.819. The molecule has 0 aliphatic rings. The van der Waals surface area contributed by atoms with Crippen molar-refractivity contribution < 1.29 is 28.6 Å². The zero-order chi connectivity index (χ0) is 58.5. The molecule has 0 saturated heterocycles. The van der Waals surface area contributed by atoms with Crippen LogP contribution in [0.5, 0.6) is 0 Å². The van der Waals surface area contributed by atoms with Crippen LogP contribution in [-0.4, -0.2) is 37.2 Å². The minimum Gasteiger partial charge on any atom is -0.462 e. The van der Waals surface area contributed by atoms with Crippen molar-refractivity contribution in [2.75, 3.05) is 13.2 Å². The maximum atomic E-state index is 12.9. The van der Waals surface area contributed by atoms with Gasteiger partial charge in [0, 0.05) is 19.3 Å². The Labute approximate surface area is 500 Å². The van der Waals surface area contributed by atoms with Crippen molar-refractivity contribution in [3.8, 4) is 0 Å². The summed E-state index contributed by atoms with van der Waals surface area (Å²) >= 11 is 0. The second-order valence-electron chi connectivity index (χ2n) is 22.0. The standard InChI is InChI=1S/C75H124O6/c1-4-7-10-13-16-19-22-25-27-29-31-33-35-36-37-38-40-41-43-45-47-50-53-56-59-62-65-68-74(77)80-71-72(70-79-73(76)67-64-61-58-55-52-49-24-21-18-15-12-9-6-3)81-75(78)69-66-63-60-57-54-51-48-46-44-42-39-34-32-30-28-26-23-20-17-14-11-8-5-2/h8-9,11-12,17-18,20-22,25-26,28-29,31-32,34,42,44,49,52,58,61,72H,4-7,10,13-16,19,23-24,27,30,33,35-41,43,45-48,50-51,53-57,59-60,62-71H2,1-3H3/b11-8-,12-9-,20-17-,21-18-,25-22-,28-26-,31-29-,34-32-,44-42-,52-49-,61-58-. The predicted molar refractivity (Wildman–Crippen MR) is 353 cm³/mol. The van der Waals surface area contributed by atoms with E-state index < -0.39 is 6.10 Å². The van der Waals surface area contributed by atoms with E-state index in [1.54, 1.807) is 0 Å². The highest BCUT2D eigenvalue weighted by molar-refractivity contribution is 5.71. The lowest BCUT2D eigenvalue weighted by Crippen LogP contribution is -2.30. The molecule has 0 aromatic rings. The van der Waals surface area contributed by atoms with Gasteiger partial charge in [-0.25, -0.2) is 0 Å². The molecule has 0 aliphatic heterocycles. The Morgan fingerprint density at radius 1 is 0.259 bits per heavy atom. The average Bonchev–Trinajstić information content (AvgIpc) is 3.46. The number of hydrogen-bond acceptors (Lipinski definition) is 6. The van der Waals surface area contributed by atoms with Crippen LogP contribution in [0.15, 0.2) is 134 Å². The zero-order valence-corrected chi connectivity index (χ0v) is 52.8. The van der Waals surface area contributed by atoms with Gasteiger partial charge >= 0.3 is 17.9 Å². The molecule has 0 rings (SSSR count). The number of ether oxygens (including phenoxy) is 3. The smallest absolute Gasteiger partial charge is 0.306 e. The van der Waals surface area contributed by atoms with Crippen LogP contribution >= 0.6 is 0 Å². The van der Waals surface area contributed by atoms with Gasteiger partial charge in [0.1, 0.15) is 13.2 Å². The fourth-order valence-electron chi connectivity index (χ4n) is 9.16. The van der Waals surface area contributed by atoms with Crippen LogP contribution in [0.3, 0.4) is 0 Å². The first-order chi connectivity index (χ1) is 40.0. The SMILES string of the molecule is CC/C=C\C/C=C\C/C=C\C/C=C\C/C=C\CCCCCCCCCC(=O)OC(COC(=O)CC/C=C\C/C=C\C/C=C\C/C=C\CC)COC(=O)CCCCCCCCCCCCCCCCC/C=C\C/C=C\CCCCCCC. The summed E-state index contributed by atoms with van der Waals surface area (Å²) in [4.78, 5) is 38.3. The van der Waals surface area contributed by atoms with E-state index in [0.717, 1.165) is 116 Å². The fraction of sp³-hybridized carbons (Fsp3) is 0.667. The van der Waals surface area contributed by atoms with Crippen molar-refractivity contribution in [2.45, 2.75) is 309 Å². The molecule has 0 aromatic heterocycles. The van der Waals surface area contributed by atoms with Crippen LogP contribution in [0.25, 0.3) is 0 Å². The summed E-state index contributed by atoms with van der Waals surface area (Å²) in [6.07, 6.45) is 96.3. The quantitative estimate of drug-likeness (QED) is 0.0261. The maximum absolute atomic E-state index is 12.9. The number of rotatable bonds is 60. The molecular weight excluding hydrogens is 997 g/mol. The first kappa shape index (κ1) is 76.5. The predicted octanol–water partition coefficient (Wildman–Crippen LogP) is 23.3. The molecule has 0 spiro atoms. The summed E-state index contributed by atoms with van der Waals surface area (Å²) in [5.41, 5.74) is 0. The lowest BCUT2D eigenvalue weighted by atomic mass is 10.0. The Balaban J connectivity index is 4.35. The molecule has 1 unspecified atom stereocenters. The van der Waals surface area contributed by atoms with Gasteiger partial charge in [0.05, 0.1) is 0 Å². The van der Waals surface area contributed by atoms with Gasteiger partial charge in [0.25, 0.3) is 0 Å². The van der Waals surface area contributed by atoms with Crippen molar-refractivity contribution in [1.82, 2.24) is 0 Å². The molecule has 0 fully saturated rings. The number of allylic oxidation sites excluding steroid dienone is 22. The van der Waals surface area contributed by atoms with Crippen molar-refractivity contribution in [2.24, 2.45) is 0 Å². The highest BCUT2D eigenvalue weighted by Crippen LogP contribution is 2.16. The largest absolute Gasteiger partial charge is 0.462 e. The number of carbonyl (C=O) groups is 3. The van der Waals surface area contributed by atoms with Gasteiger partial charge in [-0.1, -0.05) is 296 Å². The molecule has 0 aromatic carbocycles. The third kappa shape index (κ3) is 66.2. The fourth-order valence-corrected chi connectivity index (χ4v) is 9.16. The van der Waals surface area contributed by atoms with Crippen molar-refractivity contribution >= 4 is 17.9 Å². The highest BCUT2D eigenvalue weighted by Gasteiger charge is 2.19. The molecule has 6 nitrogen and oxygen atoms in total. The van der Waals surface area contributed by atoms with Crippen molar-refractivity contribution in [1.29, 1.82) is 0 Å². The van der Waals surface area contributed by atoms with Crippen LogP contribution in [0.2, 0.25) is 0 Å². The van der Waals surface area contributed by atoms with Gasteiger partial charge < -0.3 is 14.2 Å². The van der Waals surface area contributed by atoms with Crippen LogP contribution in [0, 0.1) is 0 Å². The molecule has 0 N–H and O–H groups in total. The zero-order valence-electron chi connectivity index (χ0n) is 52.8. The maximum Gasteiger partial charge on any atom is 0.306 e. The molecule has 460 valence electrons. The van der Waals surface area contributed by atoms with E-state index in [2.05, 4.69) is 148 Å². The van der Waals surface area contributed by atoms with E-state index in [0.29, 0.717) is 19.3 Å². The normalized spacial score (nSPS) is 13.0. The second kappa shape index (κ2) is 68.1. The molecule has 0 bridgehead atoms. The number of hydrogen-bond donors (Lipinski definition) is 0. The van der Waals surface area contributed by atoms with Crippen molar-refractivity contribution in [3.63, 3.8) is 0 Å². The van der Waals surface area contributed by atoms with Gasteiger partial charge in [-0.05, 0) is 122 Å². The van der Waals surface area contributed by atoms with Gasteiger partial charge in [-0.3, -0.25) is 14.4 Å². The Morgan fingerprint density at radius 2 is 0.506 bits per heavy atom. The lowest BCUT2D eigenvalue weighted by Gasteiger charge is -2.18. The summed E-state index contributed by atoms with van der Waals surface area (Å²) in [5, 5.41) is 0. The number of carbonyl (C=O) groups excluding carboxylic acids is 3. The molecule has 0 aliphatic carbocycles. The van der Waals surface area contributed by atoms with Gasteiger partial charge in [0.2, 0.25) is 0 Å². The highest BCUT2D eigenvalue weighted by atomic mass is 16.6. The molecule has 6 heteroatoms. The molecule has 0 heterocycles. The average molecular weight is 1120 g/mol. The third-order valence-corrected chi connectivity index (χ3v) is 14.1. The minimum absolute atomic E-state index is 0.107. The number of esters is 3. The van der Waals surface area contributed by atoms with Crippen LogP contribution in [-0.2, 0) is 28.6 Å². The van der Waals surface area contributed by atoms with Crippen LogP contribution in [0.1, 0.15) is 303 Å². The van der Waals surface area contributed by atoms with E-state index in [9.17, 15) is 14.4 Å². The van der Waals surface area contributed by atoms with Crippen LogP contribution in [0.4, 0.5) is 0 Å². The first-order valence-electron chi connectivity index (χ1n) is 33.7. The van der Waals surface area contributed by atoms with Crippen molar-refractivity contribution in [3.05, 3.63) is 134 Å². The second-order valence-corrected chi connectivity index (χ2v) is 22.0. The number of unbranched alkanes of at least 4 members (excludes halogenated alkanes) is 27. The third-order valence-electron chi connectivity index (χ3n) is 14.1. The topological polar surface area (TPSA) is 78.9 Å². The summed E-state index contributed by atoms with van der Waals surface area (Å²) in [5.74, 6) is -0.999. The van der Waals surface area contributed by atoms with E-state index >= 15 is 0 Å². The summed E-state index contributed by atoms with van der Waals surface area (Å²) in [7, 11) is 0. The van der Waals surface area contributed by atoms with Gasteiger partial charge in [-0.15, -0.1) is 0 Å². The molecule has 1 atom stereocenters. The summed E-state index contributed by atoms with van der Waals surface area (Å²) < 4.78 is 16.9.